The Kier molecular flexibility index (Phi) is 4.15. The number of ether oxygens (including phenoxy) is 1. The molecule has 0 aliphatic heterocycles. The van der Waals surface area contributed by atoms with Crippen LogP contribution in [0.5, 0.6) is 5.75 Å². The Hall–Kier alpha value is -3.53. The number of nitrogens with zero attached hydrogens (tertiary/aromatic N) is 2. The number of aromatic nitrogens is 2. The number of fused-ring (bicyclic) bond motifs is 1. The number of methoxy groups -OCH3 is 1. The topological polar surface area (TPSA) is 52.1 Å². The van der Waals surface area contributed by atoms with Crippen LogP contribution < -0.4 is 4.74 Å². The van der Waals surface area contributed by atoms with E-state index >= 15 is 0 Å². The van der Waals surface area contributed by atoms with Gasteiger partial charge in [0.25, 0.3) is 0 Å². The van der Waals surface area contributed by atoms with E-state index in [0.717, 1.165) is 27.8 Å². The fraction of sp³-hybridized carbons (Fsp3) is 0.0455. The van der Waals surface area contributed by atoms with Crippen molar-refractivity contribution < 1.29 is 9.53 Å². The summed E-state index contributed by atoms with van der Waals surface area (Å²) in [5.74, 6) is 0.650. The quantitative estimate of drug-likeness (QED) is 0.512. The van der Waals surface area contributed by atoms with Crippen molar-refractivity contribution in [2.45, 2.75) is 0 Å². The molecule has 0 radical (unpaired) electrons. The highest BCUT2D eigenvalue weighted by Gasteiger charge is 2.17. The second kappa shape index (κ2) is 6.76. The molecule has 4 nitrogen and oxygen atoms in total. The Balaban J connectivity index is 1.87. The summed E-state index contributed by atoms with van der Waals surface area (Å²) in [7, 11) is 1.63. The average molecular weight is 340 g/mol. The molecule has 1 aromatic heterocycles. The van der Waals surface area contributed by atoms with Gasteiger partial charge in [-0.3, -0.25) is 4.79 Å². The maximum atomic E-state index is 12.9. The lowest BCUT2D eigenvalue weighted by atomic mass is 9.99. The van der Waals surface area contributed by atoms with Crippen LogP contribution in [0.1, 0.15) is 16.1 Å². The fourth-order valence-electron chi connectivity index (χ4n) is 2.96. The Morgan fingerprint density at radius 3 is 2.12 bits per heavy atom. The Labute approximate surface area is 151 Å². The van der Waals surface area contributed by atoms with Crippen LogP contribution in [0, 0.1) is 0 Å². The van der Waals surface area contributed by atoms with Crippen LogP contribution in [0.15, 0.2) is 78.9 Å². The summed E-state index contributed by atoms with van der Waals surface area (Å²) in [5, 5.41) is 10.3. The minimum Gasteiger partial charge on any atom is -0.497 e. The van der Waals surface area contributed by atoms with Gasteiger partial charge in [0, 0.05) is 21.9 Å². The number of carbonyl (C=O) groups is 1. The summed E-state index contributed by atoms with van der Waals surface area (Å²) in [6.45, 7) is 0. The van der Waals surface area contributed by atoms with E-state index in [-0.39, 0.29) is 5.78 Å². The first-order chi connectivity index (χ1) is 12.8. The highest BCUT2D eigenvalue weighted by molar-refractivity contribution is 6.16. The van der Waals surface area contributed by atoms with Crippen molar-refractivity contribution in [2.24, 2.45) is 0 Å². The molecule has 26 heavy (non-hydrogen) atoms. The molecule has 0 aliphatic rings. The molecule has 0 bridgehead atoms. The number of hydrogen-bond acceptors (Lipinski definition) is 4. The van der Waals surface area contributed by atoms with Crippen LogP contribution in [0.25, 0.3) is 22.0 Å². The number of ketones is 1. The smallest absolute Gasteiger partial charge is 0.213 e. The molecule has 0 unspecified atom stereocenters. The van der Waals surface area contributed by atoms with E-state index < -0.39 is 0 Å². The summed E-state index contributed by atoms with van der Waals surface area (Å²) in [6, 6.07) is 24.5. The number of benzene rings is 3. The highest BCUT2D eigenvalue weighted by atomic mass is 16.5. The standard InChI is InChI=1S/C22H16N2O2/c1-26-17-13-11-15(12-14-17)20-18-9-5-6-10-19(18)21(24-23-20)22(25)16-7-3-2-4-8-16/h2-14H,1H3. The van der Waals surface area contributed by atoms with E-state index in [1.54, 1.807) is 19.2 Å². The van der Waals surface area contributed by atoms with Crippen LogP contribution in [-0.2, 0) is 0 Å². The van der Waals surface area contributed by atoms with Crippen LogP contribution in [0.4, 0.5) is 0 Å². The van der Waals surface area contributed by atoms with Gasteiger partial charge in [0.05, 0.1) is 7.11 Å². The van der Waals surface area contributed by atoms with E-state index in [0.29, 0.717) is 11.3 Å². The Morgan fingerprint density at radius 1 is 0.769 bits per heavy atom. The van der Waals surface area contributed by atoms with Crippen molar-refractivity contribution in [3.05, 3.63) is 90.1 Å². The minimum atomic E-state index is -0.129. The molecular weight excluding hydrogens is 324 g/mol. The Bertz CT molecular complexity index is 1070. The molecule has 0 fully saturated rings. The van der Waals surface area contributed by atoms with Crippen LogP contribution in [0.2, 0.25) is 0 Å². The molecule has 4 rings (SSSR count). The molecule has 126 valence electrons. The largest absolute Gasteiger partial charge is 0.497 e. The second-order valence-corrected chi connectivity index (χ2v) is 5.87. The van der Waals surface area contributed by atoms with Gasteiger partial charge in [0.1, 0.15) is 17.1 Å². The van der Waals surface area contributed by atoms with Crippen LogP contribution in [-0.4, -0.2) is 23.1 Å². The van der Waals surface area contributed by atoms with E-state index in [2.05, 4.69) is 10.2 Å². The maximum Gasteiger partial charge on any atom is 0.213 e. The van der Waals surface area contributed by atoms with Crippen LogP contribution in [0.3, 0.4) is 0 Å². The number of carbonyl (C=O) groups excluding carboxylic acids is 1. The van der Waals surface area contributed by atoms with E-state index in [9.17, 15) is 4.79 Å². The first kappa shape index (κ1) is 16.0. The molecular formula is C22H16N2O2. The third kappa shape index (κ3) is 2.82. The third-order valence-corrected chi connectivity index (χ3v) is 4.30. The normalized spacial score (nSPS) is 10.7. The Morgan fingerprint density at radius 2 is 1.42 bits per heavy atom. The van der Waals surface area contributed by atoms with Gasteiger partial charge in [0.15, 0.2) is 0 Å². The highest BCUT2D eigenvalue weighted by Crippen LogP contribution is 2.29. The lowest BCUT2D eigenvalue weighted by Crippen LogP contribution is -2.07. The van der Waals surface area contributed by atoms with Crippen molar-refractivity contribution in [1.29, 1.82) is 0 Å². The zero-order chi connectivity index (χ0) is 17.9. The molecule has 0 atom stereocenters. The van der Waals surface area contributed by atoms with Crippen molar-refractivity contribution in [1.82, 2.24) is 10.2 Å². The summed E-state index contributed by atoms with van der Waals surface area (Å²) < 4.78 is 5.21. The summed E-state index contributed by atoms with van der Waals surface area (Å²) in [5.41, 5.74) is 2.63. The maximum absolute atomic E-state index is 12.9. The van der Waals surface area contributed by atoms with Gasteiger partial charge in [-0.05, 0) is 24.3 Å². The van der Waals surface area contributed by atoms with E-state index in [1.165, 1.54) is 0 Å². The summed E-state index contributed by atoms with van der Waals surface area (Å²) >= 11 is 0. The molecule has 3 aromatic carbocycles. The molecule has 0 saturated carbocycles. The molecule has 1 heterocycles. The first-order valence-electron chi connectivity index (χ1n) is 8.27. The van der Waals surface area contributed by atoms with E-state index in [1.807, 2.05) is 66.7 Å². The van der Waals surface area contributed by atoms with Crippen molar-refractivity contribution >= 4 is 16.6 Å². The second-order valence-electron chi connectivity index (χ2n) is 5.87. The average Bonchev–Trinajstić information content (AvgIpc) is 2.73. The summed E-state index contributed by atoms with van der Waals surface area (Å²) in [4.78, 5) is 12.9. The van der Waals surface area contributed by atoms with Gasteiger partial charge in [-0.15, -0.1) is 10.2 Å². The molecule has 0 amide bonds. The predicted molar refractivity (Wildman–Crippen MR) is 101 cm³/mol. The van der Waals surface area contributed by atoms with E-state index in [4.69, 9.17) is 4.74 Å². The van der Waals surface area contributed by atoms with Gasteiger partial charge in [-0.2, -0.15) is 0 Å². The predicted octanol–water partition coefficient (Wildman–Crippen LogP) is 4.54. The molecule has 4 heteroatoms. The van der Waals surface area contributed by atoms with Gasteiger partial charge >= 0.3 is 0 Å². The van der Waals surface area contributed by atoms with Crippen molar-refractivity contribution in [2.75, 3.05) is 7.11 Å². The van der Waals surface area contributed by atoms with Crippen molar-refractivity contribution in [3.63, 3.8) is 0 Å². The van der Waals surface area contributed by atoms with Crippen molar-refractivity contribution in [3.8, 4) is 17.0 Å². The molecule has 0 N–H and O–H groups in total. The lowest BCUT2D eigenvalue weighted by molar-refractivity contribution is 0.103. The van der Waals surface area contributed by atoms with Gasteiger partial charge in [0.2, 0.25) is 5.78 Å². The van der Waals surface area contributed by atoms with Gasteiger partial charge in [-0.25, -0.2) is 0 Å². The third-order valence-electron chi connectivity index (χ3n) is 4.30. The fourth-order valence-corrected chi connectivity index (χ4v) is 2.96. The molecule has 0 saturated heterocycles. The molecule has 0 aliphatic carbocycles. The molecule has 0 spiro atoms. The SMILES string of the molecule is COc1ccc(-c2nnc(C(=O)c3ccccc3)c3ccccc23)cc1. The monoisotopic (exact) mass is 340 g/mol. The lowest BCUT2D eigenvalue weighted by Gasteiger charge is -2.09. The number of hydrogen-bond donors (Lipinski definition) is 0. The van der Waals surface area contributed by atoms with Crippen LogP contribution >= 0.6 is 0 Å². The summed E-state index contributed by atoms with van der Waals surface area (Å²) in [6.07, 6.45) is 0. The molecule has 4 aromatic rings. The first-order valence-corrected chi connectivity index (χ1v) is 8.27. The number of rotatable bonds is 4. The van der Waals surface area contributed by atoms with Gasteiger partial charge < -0.3 is 4.74 Å². The minimum absolute atomic E-state index is 0.129. The zero-order valence-corrected chi connectivity index (χ0v) is 14.2. The zero-order valence-electron chi connectivity index (χ0n) is 14.2. The van der Waals surface area contributed by atoms with Gasteiger partial charge in [-0.1, -0.05) is 54.6 Å².